The molecule has 0 atom stereocenters. The second kappa shape index (κ2) is 7.86. The summed E-state index contributed by atoms with van der Waals surface area (Å²) in [6, 6.07) is 14.4. The van der Waals surface area contributed by atoms with E-state index < -0.39 is 17.8 Å². The van der Waals surface area contributed by atoms with Crippen molar-refractivity contribution in [3.8, 4) is 0 Å². The summed E-state index contributed by atoms with van der Waals surface area (Å²) in [6.45, 7) is 3.63. The fraction of sp³-hybridized carbons (Fsp3) is 0.190. The minimum absolute atomic E-state index is 0.160. The minimum Gasteiger partial charge on any atom is -0.325 e. The highest BCUT2D eigenvalue weighted by Gasteiger charge is 2.34. The van der Waals surface area contributed by atoms with Crippen LogP contribution >= 0.6 is 0 Å². The molecule has 4 amide bonds. The topological polar surface area (TPSA) is 78.5 Å². The Hall–Kier alpha value is -3.41. The van der Waals surface area contributed by atoms with Gasteiger partial charge in [-0.1, -0.05) is 43.3 Å². The fourth-order valence-electron chi connectivity index (χ4n) is 2.80. The average molecular weight is 363 g/mol. The second-order valence-electron chi connectivity index (χ2n) is 6.39. The molecule has 2 N–H and O–H groups in total. The number of carbonyl (C=O) groups excluding carboxylic acids is 3. The van der Waals surface area contributed by atoms with Crippen LogP contribution in [-0.4, -0.2) is 29.3 Å². The molecule has 3 rings (SSSR count). The minimum atomic E-state index is -0.601. The van der Waals surface area contributed by atoms with Gasteiger partial charge in [-0.15, -0.1) is 0 Å². The van der Waals surface area contributed by atoms with Crippen molar-refractivity contribution in [1.29, 1.82) is 0 Å². The van der Waals surface area contributed by atoms with Crippen LogP contribution in [0.1, 0.15) is 23.6 Å². The highest BCUT2D eigenvalue weighted by atomic mass is 16.2. The second-order valence-corrected chi connectivity index (χ2v) is 6.39. The predicted octanol–water partition coefficient (Wildman–Crippen LogP) is 3.09. The number of hydrogen-bond donors (Lipinski definition) is 2. The van der Waals surface area contributed by atoms with E-state index in [-0.39, 0.29) is 12.2 Å². The zero-order valence-corrected chi connectivity index (χ0v) is 15.3. The molecule has 27 heavy (non-hydrogen) atoms. The summed E-state index contributed by atoms with van der Waals surface area (Å²) in [7, 11) is 0. The number of amides is 4. The van der Waals surface area contributed by atoms with Gasteiger partial charge in [-0.3, -0.25) is 9.59 Å². The SMILES string of the molecule is CCc1ccc(C=C2NC(=O)N(CC(=O)Nc3cccc(C)c3)C2=O)cc1. The molecule has 0 saturated carbocycles. The fourth-order valence-corrected chi connectivity index (χ4v) is 2.80. The van der Waals surface area contributed by atoms with E-state index in [0.29, 0.717) is 5.69 Å². The maximum atomic E-state index is 12.5. The summed E-state index contributed by atoms with van der Waals surface area (Å²) in [6.07, 6.45) is 2.54. The maximum Gasteiger partial charge on any atom is 0.329 e. The van der Waals surface area contributed by atoms with E-state index in [0.717, 1.165) is 22.4 Å². The number of hydrogen-bond acceptors (Lipinski definition) is 3. The average Bonchev–Trinajstić information content (AvgIpc) is 2.90. The van der Waals surface area contributed by atoms with E-state index in [1.54, 1.807) is 12.1 Å². The van der Waals surface area contributed by atoms with Crippen molar-refractivity contribution in [2.75, 3.05) is 11.9 Å². The smallest absolute Gasteiger partial charge is 0.325 e. The normalized spacial score (nSPS) is 15.2. The van der Waals surface area contributed by atoms with Gasteiger partial charge in [0.25, 0.3) is 5.91 Å². The highest BCUT2D eigenvalue weighted by molar-refractivity contribution is 6.15. The highest BCUT2D eigenvalue weighted by Crippen LogP contribution is 2.15. The number of nitrogens with one attached hydrogen (secondary N) is 2. The van der Waals surface area contributed by atoms with E-state index in [1.807, 2.05) is 49.4 Å². The van der Waals surface area contributed by atoms with E-state index in [4.69, 9.17) is 0 Å². The summed E-state index contributed by atoms with van der Waals surface area (Å²) in [5.41, 5.74) is 3.78. The molecule has 0 bridgehead atoms. The Morgan fingerprint density at radius 2 is 1.89 bits per heavy atom. The van der Waals surface area contributed by atoms with Gasteiger partial charge in [0, 0.05) is 5.69 Å². The lowest BCUT2D eigenvalue weighted by Gasteiger charge is -2.12. The molecule has 0 aliphatic carbocycles. The number of urea groups is 1. The summed E-state index contributed by atoms with van der Waals surface area (Å²) in [5, 5.41) is 5.22. The Morgan fingerprint density at radius 1 is 1.15 bits per heavy atom. The third-order valence-electron chi connectivity index (χ3n) is 4.26. The summed E-state index contributed by atoms with van der Waals surface area (Å²) >= 11 is 0. The molecule has 1 heterocycles. The van der Waals surface area contributed by atoms with Crippen LogP contribution in [0.3, 0.4) is 0 Å². The van der Waals surface area contributed by atoms with Gasteiger partial charge < -0.3 is 10.6 Å². The van der Waals surface area contributed by atoms with Gasteiger partial charge in [0.05, 0.1) is 0 Å². The third-order valence-corrected chi connectivity index (χ3v) is 4.26. The van der Waals surface area contributed by atoms with Crippen LogP contribution in [-0.2, 0) is 16.0 Å². The zero-order valence-electron chi connectivity index (χ0n) is 15.3. The van der Waals surface area contributed by atoms with Gasteiger partial charge in [0.1, 0.15) is 12.2 Å². The summed E-state index contributed by atoms with van der Waals surface area (Å²) in [4.78, 5) is 37.7. The lowest BCUT2D eigenvalue weighted by molar-refractivity contribution is -0.127. The van der Waals surface area contributed by atoms with Gasteiger partial charge in [0.15, 0.2) is 0 Å². The number of imide groups is 1. The van der Waals surface area contributed by atoms with E-state index in [2.05, 4.69) is 17.6 Å². The molecule has 138 valence electrons. The lowest BCUT2D eigenvalue weighted by Crippen LogP contribution is -2.38. The molecule has 2 aromatic rings. The monoisotopic (exact) mass is 363 g/mol. The van der Waals surface area contributed by atoms with Gasteiger partial charge in [-0.05, 0) is 48.2 Å². The Morgan fingerprint density at radius 3 is 2.56 bits per heavy atom. The number of carbonyl (C=O) groups is 3. The Kier molecular flexibility index (Phi) is 5.35. The standard InChI is InChI=1S/C21H21N3O3/c1-3-15-7-9-16(10-8-15)12-18-20(26)24(21(27)23-18)13-19(25)22-17-6-4-5-14(2)11-17/h4-12H,3,13H2,1-2H3,(H,22,25)(H,23,27). The molecule has 2 aromatic carbocycles. The van der Waals surface area contributed by atoms with Crippen LogP contribution in [0, 0.1) is 6.92 Å². The van der Waals surface area contributed by atoms with Crippen molar-refractivity contribution in [3.63, 3.8) is 0 Å². The molecular weight excluding hydrogens is 342 g/mol. The number of anilines is 1. The quantitative estimate of drug-likeness (QED) is 0.633. The largest absolute Gasteiger partial charge is 0.329 e. The number of benzene rings is 2. The van der Waals surface area contributed by atoms with Gasteiger partial charge in [0.2, 0.25) is 5.91 Å². The van der Waals surface area contributed by atoms with E-state index >= 15 is 0 Å². The predicted molar refractivity (Wildman–Crippen MR) is 104 cm³/mol. The summed E-state index contributed by atoms with van der Waals surface area (Å²) in [5.74, 6) is -0.948. The van der Waals surface area contributed by atoms with Crippen molar-refractivity contribution in [1.82, 2.24) is 10.2 Å². The lowest BCUT2D eigenvalue weighted by atomic mass is 10.1. The first-order chi connectivity index (χ1) is 13.0. The third kappa shape index (κ3) is 4.41. The van der Waals surface area contributed by atoms with Crippen molar-refractivity contribution in [3.05, 3.63) is 70.9 Å². The van der Waals surface area contributed by atoms with Crippen molar-refractivity contribution < 1.29 is 14.4 Å². The molecule has 0 aromatic heterocycles. The molecule has 0 radical (unpaired) electrons. The number of rotatable bonds is 5. The molecule has 0 spiro atoms. The molecule has 1 aliphatic rings. The summed E-state index contributed by atoms with van der Waals surface area (Å²) < 4.78 is 0. The molecular formula is C21H21N3O3. The van der Waals surface area contributed by atoms with Gasteiger partial charge in [-0.25, -0.2) is 9.69 Å². The molecule has 6 nitrogen and oxygen atoms in total. The zero-order chi connectivity index (χ0) is 19.4. The van der Waals surface area contributed by atoms with Crippen LogP contribution in [0.4, 0.5) is 10.5 Å². The van der Waals surface area contributed by atoms with Crippen LogP contribution in [0.2, 0.25) is 0 Å². The number of aryl methyl sites for hydroxylation is 2. The van der Waals surface area contributed by atoms with Gasteiger partial charge in [-0.2, -0.15) is 0 Å². The van der Waals surface area contributed by atoms with E-state index in [1.165, 1.54) is 5.56 Å². The Bertz CT molecular complexity index is 917. The van der Waals surface area contributed by atoms with Crippen molar-refractivity contribution in [2.45, 2.75) is 20.3 Å². The van der Waals surface area contributed by atoms with E-state index in [9.17, 15) is 14.4 Å². The first kappa shape index (κ1) is 18.4. The molecule has 6 heteroatoms. The van der Waals surface area contributed by atoms with Gasteiger partial charge >= 0.3 is 6.03 Å². The Labute approximate surface area is 157 Å². The Balaban J connectivity index is 1.68. The first-order valence-corrected chi connectivity index (χ1v) is 8.76. The van der Waals surface area contributed by atoms with Crippen LogP contribution in [0.15, 0.2) is 54.2 Å². The van der Waals surface area contributed by atoms with Crippen LogP contribution in [0.5, 0.6) is 0 Å². The first-order valence-electron chi connectivity index (χ1n) is 8.76. The number of nitrogens with zero attached hydrogens (tertiary/aromatic N) is 1. The molecule has 1 aliphatic heterocycles. The molecule has 0 unspecified atom stereocenters. The van der Waals surface area contributed by atoms with Crippen LogP contribution in [0.25, 0.3) is 6.08 Å². The van der Waals surface area contributed by atoms with Crippen LogP contribution < -0.4 is 10.6 Å². The molecule has 1 fully saturated rings. The maximum absolute atomic E-state index is 12.5. The van der Waals surface area contributed by atoms with Crippen molar-refractivity contribution >= 4 is 29.6 Å². The molecule has 1 saturated heterocycles. The van der Waals surface area contributed by atoms with Crippen molar-refractivity contribution in [2.24, 2.45) is 0 Å².